The fraction of sp³-hybridized carbons (Fsp3) is 0.0556. The van der Waals surface area contributed by atoms with E-state index in [-0.39, 0.29) is 16.4 Å². The molecule has 0 atom stereocenters. The van der Waals surface area contributed by atoms with E-state index in [2.05, 4.69) is 10.6 Å². The molecule has 0 saturated heterocycles. The molecule has 0 bridgehead atoms. The number of nitrogens with one attached hydrogen (secondary N) is 2. The van der Waals surface area contributed by atoms with Gasteiger partial charge in [-0.05, 0) is 48.5 Å². The van der Waals surface area contributed by atoms with Gasteiger partial charge < -0.3 is 10.4 Å². The molecule has 0 saturated carbocycles. The van der Waals surface area contributed by atoms with Gasteiger partial charge in [-0.3, -0.25) is 20.2 Å². The molecule has 138 valence electrons. The van der Waals surface area contributed by atoms with Crippen LogP contribution in [0.5, 0.6) is 0 Å². The summed E-state index contributed by atoms with van der Waals surface area (Å²) in [7, 11) is 0. The van der Waals surface area contributed by atoms with Gasteiger partial charge in [-0.25, -0.2) is 4.79 Å². The lowest BCUT2D eigenvalue weighted by Crippen LogP contribution is -2.33. The molecule has 0 heterocycles. The molecule has 0 aliphatic rings. The lowest BCUT2D eigenvalue weighted by Gasteiger charge is -2.12. The molecule has 0 aliphatic heterocycles. The minimum Gasteiger partial charge on any atom is -0.478 e. The molecule has 0 fully saturated rings. The Hall–Kier alpha value is -3.59. The molecule has 0 aliphatic carbocycles. The van der Waals surface area contributed by atoms with Crippen molar-refractivity contribution in [2.75, 3.05) is 5.32 Å². The number of carboxylic acid groups (broad SMARTS) is 1. The zero-order valence-electron chi connectivity index (χ0n) is 14.1. The molecule has 2 aromatic carbocycles. The maximum atomic E-state index is 11.9. The maximum Gasteiger partial charge on any atom is 0.336 e. The van der Waals surface area contributed by atoms with Crippen LogP contribution in [-0.4, -0.2) is 27.0 Å². The molecule has 2 rings (SSSR count). The molecular weight excluding hydrogens is 370 g/mol. The number of aromatic carboxylic acids is 1. The van der Waals surface area contributed by atoms with Crippen LogP contribution in [0.15, 0.2) is 48.5 Å². The van der Waals surface area contributed by atoms with Gasteiger partial charge in [0.25, 0.3) is 5.69 Å². The molecule has 8 nitrogen and oxygen atoms in total. The van der Waals surface area contributed by atoms with Gasteiger partial charge >= 0.3 is 5.97 Å². The summed E-state index contributed by atoms with van der Waals surface area (Å²) in [5.41, 5.74) is 1.48. The van der Waals surface area contributed by atoms with Crippen molar-refractivity contribution in [3.05, 3.63) is 75.3 Å². The topological polar surface area (TPSA) is 122 Å². The van der Waals surface area contributed by atoms with Crippen molar-refractivity contribution in [2.24, 2.45) is 0 Å². The number of carbonyl (C=O) groups is 2. The third-order valence-corrected chi connectivity index (χ3v) is 3.76. The highest BCUT2D eigenvalue weighted by Crippen LogP contribution is 2.19. The Bertz CT molecular complexity index is 956. The first kappa shape index (κ1) is 19.7. The molecular formula is C18H15N3O5S. The molecule has 1 amide bonds. The quantitative estimate of drug-likeness (QED) is 0.313. The van der Waals surface area contributed by atoms with E-state index in [9.17, 15) is 19.7 Å². The van der Waals surface area contributed by atoms with E-state index in [1.807, 2.05) is 0 Å². The number of carbonyl (C=O) groups excluding carboxylic acids is 1. The van der Waals surface area contributed by atoms with E-state index < -0.39 is 16.8 Å². The van der Waals surface area contributed by atoms with Crippen LogP contribution in [0.3, 0.4) is 0 Å². The van der Waals surface area contributed by atoms with E-state index in [0.29, 0.717) is 16.8 Å². The van der Waals surface area contributed by atoms with E-state index in [4.69, 9.17) is 17.3 Å². The van der Waals surface area contributed by atoms with Crippen LogP contribution in [0.2, 0.25) is 0 Å². The minimum atomic E-state index is -1.06. The molecule has 3 N–H and O–H groups in total. The second kappa shape index (κ2) is 8.68. The SMILES string of the molecule is Cc1c(NC(=S)NC(=O)C=Cc2cccc([N+](=O)[O-])c2)cccc1C(=O)O. The van der Waals surface area contributed by atoms with Gasteiger partial charge in [0.15, 0.2) is 5.11 Å². The molecule has 27 heavy (non-hydrogen) atoms. The average Bonchev–Trinajstić information content (AvgIpc) is 2.61. The fourth-order valence-corrected chi connectivity index (χ4v) is 2.43. The van der Waals surface area contributed by atoms with E-state index in [1.54, 1.807) is 25.1 Å². The Morgan fingerprint density at radius 2 is 1.93 bits per heavy atom. The van der Waals surface area contributed by atoms with Crippen molar-refractivity contribution in [1.82, 2.24) is 5.32 Å². The third kappa shape index (κ3) is 5.44. The number of hydrogen-bond donors (Lipinski definition) is 3. The summed E-state index contributed by atoms with van der Waals surface area (Å²) in [6, 6.07) is 10.5. The average molecular weight is 385 g/mol. The van der Waals surface area contributed by atoms with Crippen LogP contribution in [0.1, 0.15) is 21.5 Å². The Morgan fingerprint density at radius 3 is 2.59 bits per heavy atom. The molecule has 0 spiro atoms. The van der Waals surface area contributed by atoms with Crippen molar-refractivity contribution < 1.29 is 19.6 Å². The Kier molecular flexibility index (Phi) is 6.34. The number of non-ortho nitro benzene ring substituents is 1. The molecule has 2 aromatic rings. The van der Waals surface area contributed by atoms with Crippen LogP contribution in [0.4, 0.5) is 11.4 Å². The maximum absolute atomic E-state index is 11.9. The summed E-state index contributed by atoms with van der Waals surface area (Å²) in [6.07, 6.45) is 2.61. The van der Waals surface area contributed by atoms with Crippen LogP contribution >= 0.6 is 12.2 Å². The number of nitro groups is 1. The van der Waals surface area contributed by atoms with E-state index in [0.717, 1.165) is 0 Å². The van der Waals surface area contributed by atoms with Gasteiger partial charge in [-0.1, -0.05) is 18.2 Å². The van der Waals surface area contributed by atoms with E-state index >= 15 is 0 Å². The fourth-order valence-electron chi connectivity index (χ4n) is 2.22. The number of anilines is 1. The number of nitro benzene ring substituents is 1. The van der Waals surface area contributed by atoms with Gasteiger partial charge in [0.1, 0.15) is 0 Å². The monoisotopic (exact) mass is 385 g/mol. The first-order valence-corrected chi connectivity index (χ1v) is 8.06. The highest BCUT2D eigenvalue weighted by atomic mass is 32.1. The Labute approximate surface area is 159 Å². The lowest BCUT2D eigenvalue weighted by molar-refractivity contribution is -0.384. The lowest BCUT2D eigenvalue weighted by atomic mass is 10.1. The number of rotatable bonds is 5. The van der Waals surface area contributed by atoms with Gasteiger partial charge in [0, 0.05) is 23.9 Å². The number of carboxylic acids is 1. The number of benzene rings is 2. The largest absolute Gasteiger partial charge is 0.478 e. The number of nitrogens with zero attached hydrogens (tertiary/aromatic N) is 1. The number of hydrogen-bond acceptors (Lipinski definition) is 5. The van der Waals surface area contributed by atoms with Gasteiger partial charge in [0.05, 0.1) is 10.5 Å². The van der Waals surface area contributed by atoms with Crippen molar-refractivity contribution >= 4 is 46.7 Å². The minimum absolute atomic E-state index is 0.00525. The van der Waals surface area contributed by atoms with Crippen molar-refractivity contribution in [1.29, 1.82) is 0 Å². The first-order valence-electron chi connectivity index (χ1n) is 7.65. The van der Waals surface area contributed by atoms with Gasteiger partial charge in [0.2, 0.25) is 5.91 Å². The second-order valence-electron chi connectivity index (χ2n) is 5.41. The van der Waals surface area contributed by atoms with Gasteiger partial charge in [-0.2, -0.15) is 0 Å². The zero-order valence-corrected chi connectivity index (χ0v) is 14.9. The summed E-state index contributed by atoms with van der Waals surface area (Å²) in [4.78, 5) is 33.3. The summed E-state index contributed by atoms with van der Waals surface area (Å²) in [5.74, 6) is -1.60. The zero-order chi connectivity index (χ0) is 20.0. The molecule has 0 radical (unpaired) electrons. The highest BCUT2D eigenvalue weighted by molar-refractivity contribution is 7.80. The number of thiocarbonyl (C=S) groups is 1. The predicted octanol–water partition coefficient (Wildman–Crippen LogP) is 3.13. The van der Waals surface area contributed by atoms with Crippen molar-refractivity contribution in [3.8, 4) is 0 Å². The van der Waals surface area contributed by atoms with Crippen LogP contribution in [0.25, 0.3) is 6.08 Å². The normalized spacial score (nSPS) is 10.4. The molecule has 9 heteroatoms. The summed E-state index contributed by atoms with van der Waals surface area (Å²) < 4.78 is 0. The summed E-state index contributed by atoms with van der Waals surface area (Å²) in [5, 5.41) is 25.1. The van der Waals surface area contributed by atoms with Crippen molar-refractivity contribution in [2.45, 2.75) is 6.92 Å². The molecule has 0 aromatic heterocycles. The van der Waals surface area contributed by atoms with Crippen LogP contribution in [-0.2, 0) is 4.79 Å². The summed E-state index contributed by atoms with van der Waals surface area (Å²) in [6.45, 7) is 1.62. The highest BCUT2D eigenvalue weighted by Gasteiger charge is 2.11. The third-order valence-electron chi connectivity index (χ3n) is 3.56. The van der Waals surface area contributed by atoms with Gasteiger partial charge in [-0.15, -0.1) is 0 Å². The summed E-state index contributed by atoms with van der Waals surface area (Å²) >= 11 is 5.05. The van der Waals surface area contributed by atoms with E-state index in [1.165, 1.54) is 36.4 Å². The van der Waals surface area contributed by atoms with Crippen molar-refractivity contribution in [3.63, 3.8) is 0 Å². The van der Waals surface area contributed by atoms with Crippen LogP contribution in [0, 0.1) is 17.0 Å². The Balaban J connectivity index is 2.01. The first-order chi connectivity index (χ1) is 12.8. The second-order valence-corrected chi connectivity index (χ2v) is 5.82. The Morgan fingerprint density at radius 1 is 1.22 bits per heavy atom. The number of amides is 1. The standard InChI is InChI=1S/C18H15N3O5S/c1-11-14(17(23)24)6-3-7-15(11)19-18(27)20-16(22)9-8-12-4-2-5-13(10-12)21(25)26/h2-10H,1H3,(H,23,24)(H2,19,20,22,27). The predicted molar refractivity (Wildman–Crippen MR) is 105 cm³/mol. The van der Waals surface area contributed by atoms with Crippen LogP contribution < -0.4 is 10.6 Å². The smallest absolute Gasteiger partial charge is 0.336 e. The molecule has 0 unspecified atom stereocenters.